The summed E-state index contributed by atoms with van der Waals surface area (Å²) in [7, 11) is 0. The molecule has 0 saturated heterocycles. The highest BCUT2D eigenvalue weighted by atomic mass is 32.2. The van der Waals surface area contributed by atoms with Crippen molar-refractivity contribution >= 4 is 35.3 Å². The van der Waals surface area contributed by atoms with E-state index in [-0.39, 0.29) is 44.8 Å². The van der Waals surface area contributed by atoms with E-state index in [1.54, 1.807) is 0 Å². The van der Waals surface area contributed by atoms with Gasteiger partial charge < -0.3 is 10.0 Å². The number of alkyl halides is 3. The summed E-state index contributed by atoms with van der Waals surface area (Å²) in [6, 6.07) is 8.65. The van der Waals surface area contributed by atoms with Gasteiger partial charge in [-0.3, -0.25) is 4.79 Å². The Hall–Kier alpha value is -2.04. The normalized spacial score (nSPS) is 28.3. The van der Waals surface area contributed by atoms with Crippen LogP contribution >= 0.6 is 23.7 Å². The molecule has 1 aromatic carbocycles. The second kappa shape index (κ2) is 7.83. The van der Waals surface area contributed by atoms with Crippen molar-refractivity contribution in [3.63, 3.8) is 0 Å². The summed E-state index contributed by atoms with van der Waals surface area (Å²) in [5.41, 5.74) is -4.56. The molecular formula is C21H21F3N4OS2. The van der Waals surface area contributed by atoms with Crippen LogP contribution in [0.1, 0.15) is 61.7 Å². The van der Waals surface area contributed by atoms with E-state index in [1.807, 2.05) is 0 Å². The first-order valence-corrected chi connectivity index (χ1v) is 11.7. The molecular weight excluding hydrogens is 445 g/mol. The number of thioether (sulfide) groups is 1. The Bertz CT molecular complexity index is 954. The summed E-state index contributed by atoms with van der Waals surface area (Å²) < 4.78 is 40.9. The zero-order chi connectivity index (χ0) is 22.3. The van der Waals surface area contributed by atoms with Gasteiger partial charge in [0.15, 0.2) is 0 Å². The van der Waals surface area contributed by atoms with Gasteiger partial charge in [-0.15, -0.1) is 0 Å². The number of carbonyl (C=O) groups is 1. The Morgan fingerprint density at radius 2 is 1.65 bits per heavy atom. The number of carbonyl (C=O) groups excluding carboxylic acids is 1. The fraction of sp³-hybridized carbons (Fsp3) is 0.571. The van der Waals surface area contributed by atoms with E-state index in [9.17, 15) is 28.5 Å². The zero-order valence-corrected chi connectivity index (χ0v) is 18.3. The SMILES string of the molecule is N#CC12CCC(NC(=O)c3ccc(SC(F)(F)F)cc3NSC3(C#N)CC3)(CC1)CC2. The maximum absolute atomic E-state index is 13.2. The molecule has 4 fully saturated rings. The summed E-state index contributed by atoms with van der Waals surface area (Å²) >= 11 is 0.906. The van der Waals surface area contributed by atoms with E-state index in [2.05, 4.69) is 22.2 Å². The number of nitrogens with one attached hydrogen (secondary N) is 2. The van der Waals surface area contributed by atoms with Gasteiger partial charge in [0.25, 0.3) is 5.91 Å². The van der Waals surface area contributed by atoms with Gasteiger partial charge in [0.2, 0.25) is 0 Å². The number of halogens is 3. The number of amides is 1. The fourth-order valence-electron chi connectivity index (χ4n) is 4.35. The van der Waals surface area contributed by atoms with Crippen LogP contribution in [-0.4, -0.2) is 21.7 Å². The van der Waals surface area contributed by atoms with E-state index in [0.29, 0.717) is 12.8 Å². The summed E-state index contributed by atoms with van der Waals surface area (Å²) in [5, 5.41) is 21.9. The lowest BCUT2D eigenvalue weighted by Crippen LogP contribution is -2.56. The molecule has 1 amide bonds. The zero-order valence-electron chi connectivity index (χ0n) is 16.6. The van der Waals surface area contributed by atoms with Crippen molar-refractivity contribution in [2.75, 3.05) is 4.72 Å². The van der Waals surface area contributed by atoms with Crippen LogP contribution in [0.2, 0.25) is 0 Å². The van der Waals surface area contributed by atoms with Gasteiger partial charge in [0.05, 0.1) is 28.8 Å². The third-order valence-electron chi connectivity index (χ3n) is 6.60. The molecule has 0 spiro atoms. The predicted molar refractivity (Wildman–Crippen MR) is 113 cm³/mol. The first-order valence-electron chi connectivity index (χ1n) is 10.1. The number of rotatable bonds is 6. The minimum Gasteiger partial charge on any atom is -0.347 e. The van der Waals surface area contributed by atoms with Gasteiger partial charge in [-0.1, -0.05) is 0 Å². The average molecular weight is 467 g/mol. The van der Waals surface area contributed by atoms with Crippen LogP contribution in [0.4, 0.5) is 18.9 Å². The van der Waals surface area contributed by atoms with Crippen LogP contribution in [0, 0.1) is 28.1 Å². The van der Waals surface area contributed by atoms with Gasteiger partial charge in [-0.2, -0.15) is 23.7 Å². The van der Waals surface area contributed by atoms with Crippen molar-refractivity contribution < 1.29 is 18.0 Å². The smallest absolute Gasteiger partial charge is 0.347 e. The molecule has 0 aliphatic heterocycles. The minimum atomic E-state index is -4.44. The van der Waals surface area contributed by atoms with Crippen molar-refractivity contribution in [3.8, 4) is 12.1 Å². The molecule has 5 nitrogen and oxygen atoms in total. The van der Waals surface area contributed by atoms with E-state index in [0.717, 1.165) is 50.5 Å². The van der Waals surface area contributed by atoms with Crippen molar-refractivity contribution in [3.05, 3.63) is 23.8 Å². The maximum Gasteiger partial charge on any atom is 0.446 e. The molecule has 0 atom stereocenters. The van der Waals surface area contributed by atoms with Crippen LogP contribution in [0.5, 0.6) is 0 Å². The van der Waals surface area contributed by atoms with Gasteiger partial charge >= 0.3 is 5.51 Å². The molecule has 10 heteroatoms. The molecule has 1 aromatic rings. The Labute approximate surface area is 187 Å². The highest BCUT2D eigenvalue weighted by molar-refractivity contribution is 8.02. The summed E-state index contributed by atoms with van der Waals surface area (Å²) in [6.45, 7) is 0. The summed E-state index contributed by atoms with van der Waals surface area (Å²) in [5.74, 6) is -0.347. The topological polar surface area (TPSA) is 88.7 Å². The van der Waals surface area contributed by atoms with Gasteiger partial charge in [-0.05, 0) is 93.3 Å². The van der Waals surface area contributed by atoms with Crippen molar-refractivity contribution in [2.24, 2.45) is 5.41 Å². The quantitative estimate of drug-likeness (QED) is 0.409. The van der Waals surface area contributed by atoms with Gasteiger partial charge in [0.1, 0.15) is 4.75 Å². The average Bonchev–Trinajstić information content (AvgIpc) is 3.53. The second-order valence-electron chi connectivity index (χ2n) is 8.69. The molecule has 164 valence electrons. The monoisotopic (exact) mass is 466 g/mol. The van der Waals surface area contributed by atoms with E-state index in [4.69, 9.17) is 0 Å². The lowest BCUT2D eigenvalue weighted by Gasteiger charge is -2.50. The molecule has 0 aromatic heterocycles. The standard InChI is InChI=1S/C21H21F3N4OS2/c22-21(23,24)30-14-1-2-15(16(11-14)28-31-20(13-26)9-10-20)17(29)27-19-6-3-18(12-25,4-7-19)5-8-19/h1-2,11,28H,3-10H2,(H,27,29). The number of anilines is 1. The lowest BCUT2D eigenvalue weighted by molar-refractivity contribution is -0.0328. The lowest BCUT2D eigenvalue weighted by atomic mass is 9.58. The van der Waals surface area contributed by atoms with E-state index >= 15 is 0 Å². The molecule has 4 aliphatic rings. The first-order chi connectivity index (χ1) is 14.6. The Morgan fingerprint density at radius 3 is 2.16 bits per heavy atom. The van der Waals surface area contributed by atoms with Crippen LogP contribution in [0.25, 0.3) is 0 Å². The molecule has 31 heavy (non-hydrogen) atoms. The largest absolute Gasteiger partial charge is 0.446 e. The highest BCUT2D eigenvalue weighted by Gasteiger charge is 2.50. The number of nitriles is 2. The van der Waals surface area contributed by atoms with E-state index < -0.39 is 10.3 Å². The number of benzene rings is 1. The minimum absolute atomic E-state index is 0.0266. The third-order valence-corrected chi connectivity index (χ3v) is 8.53. The molecule has 0 unspecified atom stereocenters. The molecule has 5 rings (SSSR count). The highest BCUT2D eigenvalue weighted by Crippen LogP contribution is 2.52. The van der Waals surface area contributed by atoms with Gasteiger partial charge in [0, 0.05) is 10.4 Å². The Morgan fingerprint density at radius 1 is 1.00 bits per heavy atom. The summed E-state index contributed by atoms with van der Waals surface area (Å²) in [6.07, 6.45) is 5.81. The number of hydrogen-bond acceptors (Lipinski definition) is 6. The molecule has 4 saturated carbocycles. The third kappa shape index (κ3) is 4.75. The molecule has 2 N–H and O–H groups in total. The predicted octanol–water partition coefficient (Wildman–Crippen LogP) is 5.76. The second-order valence-corrected chi connectivity index (χ2v) is 11.0. The number of fused-ring (bicyclic) bond motifs is 3. The van der Waals surface area contributed by atoms with E-state index in [1.165, 1.54) is 18.2 Å². The summed E-state index contributed by atoms with van der Waals surface area (Å²) in [4.78, 5) is 13.1. The maximum atomic E-state index is 13.2. The fourth-order valence-corrected chi connectivity index (χ4v) is 5.76. The van der Waals surface area contributed by atoms with Crippen molar-refractivity contribution in [2.45, 2.75) is 72.1 Å². The van der Waals surface area contributed by atoms with Crippen LogP contribution in [-0.2, 0) is 0 Å². The number of hydrogen-bond donors (Lipinski definition) is 2. The Kier molecular flexibility index (Phi) is 5.60. The van der Waals surface area contributed by atoms with Crippen molar-refractivity contribution in [1.29, 1.82) is 10.5 Å². The number of nitrogens with zero attached hydrogens (tertiary/aromatic N) is 2. The van der Waals surface area contributed by atoms with Crippen LogP contribution in [0.3, 0.4) is 0 Å². The molecule has 2 bridgehead atoms. The van der Waals surface area contributed by atoms with Crippen LogP contribution in [0.15, 0.2) is 23.1 Å². The van der Waals surface area contributed by atoms with Crippen LogP contribution < -0.4 is 10.0 Å². The Balaban J connectivity index is 1.54. The first kappa shape index (κ1) is 22.2. The molecule has 0 radical (unpaired) electrons. The molecule has 4 aliphatic carbocycles. The molecule has 0 heterocycles. The van der Waals surface area contributed by atoms with Gasteiger partial charge in [-0.25, -0.2) is 0 Å². The van der Waals surface area contributed by atoms with Crippen molar-refractivity contribution in [1.82, 2.24) is 5.32 Å².